The predicted molar refractivity (Wildman–Crippen MR) is 169 cm³/mol. The van der Waals surface area contributed by atoms with Gasteiger partial charge >= 0.3 is 0 Å². The van der Waals surface area contributed by atoms with Gasteiger partial charge in [-0.05, 0) is 60.6 Å². The monoisotopic (exact) mass is 551 g/mol. The Kier molecular flexibility index (Phi) is 18.3. The molecule has 4 N–H and O–H groups in total. The van der Waals surface area contributed by atoms with Crippen molar-refractivity contribution >= 4 is 28.1 Å². The molecule has 1 aromatic carbocycles. The number of hydrogen-bond donors (Lipinski definition) is 2. The van der Waals surface area contributed by atoms with E-state index in [1.54, 1.807) is 12.1 Å². The van der Waals surface area contributed by atoms with Crippen molar-refractivity contribution in [2.45, 2.75) is 94.9 Å². The SMILES string of the molecule is C#Cc1c(F)cnc2nc(N)cc(C(C)C)c12.C/C(F)=C(/C#N)c1c(C)cc(N)cc1C(C)C.CC.CC.CC. The van der Waals surface area contributed by atoms with E-state index in [2.05, 4.69) is 15.9 Å². The topological polar surface area (TPSA) is 102 Å². The summed E-state index contributed by atoms with van der Waals surface area (Å²) in [6.45, 7) is 23.1. The van der Waals surface area contributed by atoms with Crippen LogP contribution >= 0.6 is 0 Å². The maximum Gasteiger partial charge on any atom is 0.163 e. The maximum absolute atomic E-state index is 13.6. The molecule has 0 radical (unpaired) electrons. The van der Waals surface area contributed by atoms with Crippen LogP contribution in [0.2, 0.25) is 0 Å². The standard InChI is InChI=1S/C14H17FN2.C13H12FN3.3C2H6/c1-8(2)12-6-11(17)5-9(3)14(12)13(7-16)10(4)15;1-4-8-10(14)6-16-13-12(8)9(7(2)3)5-11(15)17-13;3*1-2/h5-6,8H,17H2,1-4H3;1,5-7H,2-3H3,(H2,15,16,17);3*1-2H3/b13-10+;;;;. The molecule has 0 atom stereocenters. The molecule has 2 heterocycles. The van der Waals surface area contributed by atoms with Gasteiger partial charge in [0.15, 0.2) is 11.5 Å². The number of nitriles is 1. The highest BCUT2D eigenvalue weighted by Crippen LogP contribution is 2.33. The average molecular weight is 552 g/mol. The van der Waals surface area contributed by atoms with Gasteiger partial charge in [0.25, 0.3) is 0 Å². The summed E-state index contributed by atoms with van der Waals surface area (Å²) in [4.78, 5) is 8.00. The molecule has 40 heavy (non-hydrogen) atoms. The maximum atomic E-state index is 13.6. The Morgan fingerprint density at radius 2 is 1.48 bits per heavy atom. The van der Waals surface area contributed by atoms with Crippen LogP contribution in [0.4, 0.5) is 20.3 Å². The van der Waals surface area contributed by atoms with Gasteiger partial charge in [0.2, 0.25) is 0 Å². The minimum absolute atomic E-state index is 0.103. The van der Waals surface area contributed by atoms with Gasteiger partial charge in [-0.2, -0.15) is 5.26 Å². The van der Waals surface area contributed by atoms with E-state index in [1.165, 1.54) is 6.92 Å². The predicted octanol–water partition coefficient (Wildman–Crippen LogP) is 9.46. The molecule has 3 rings (SSSR count). The van der Waals surface area contributed by atoms with Gasteiger partial charge in [0.05, 0.1) is 17.3 Å². The highest BCUT2D eigenvalue weighted by atomic mass is 19.1. The fourth-order valence-electron chi connectivity index (χ4n) is 3.76. The lowest BCUT2D eigenvalue weighted by molar-refractivity contribution is 0.620. The average Bonchev–Trinajstić information content (AvgIpc) is 2.93. The number of aromatic nitrogens is 2. The van der Waals surface area contributed by atoms with E-state index < -0.39 is 11.6 Å². The third kappa shape index (κ3) is 9.97. The van der Waals surface area contributed by atoms with E-state index in [1.807, 2.05) is 88.3 Å². The van der Waals surface area contributed by atoms with Crippen molar-refractivity contribution in [3.05, 3.63) is 63.9 Å². The Balaban J connectivity index is 0. The zero-order valence-electron chi connectivity index (χ0n) is 26.3. The molecule has 5 nitrogen and oxygen atoms in total. The quantitative estimate of drug-likeness (QED) is 0.192. The zero-order valence-corrected chi connectivity index (χ0v) is 26.3. The molecule has 3 aromatic rings. The number of nitrogens with zero attached hydrogens (tertiary/aromatic N) is 3. The van der Waals surface area contributed by atoms with Crippen LogP contribution in [0.3, 0.4) is 0 Å². The Morgan fingerprint density at radius 1 is 0.950 bits per heavy atom. The van der Waals surface area contributed by atoms with E-state index in [0.29, 0.717) is 28.1 Å². The van der Waals surface area contributed by atoms with Crippen molar-refractivity contribution in [3.8, 4) is 18.4 Å². The molecular formula is C33H47F2N5. The second kappa shape index (κ2) is 19.1. The fraction of sp³-hybridized carbons (Fsp3) is 0.424. The van der Waals surface area contributed by atoms with Crippen LogP contribution in [0.25, 0.3) is 16.6 Å². The molecule has 0 amide bonds. The smallest absolute Gasteiger partial charge is 0.163 e. The molecule has 0 aliphatic rings. The molecule has 2 aromatic heterocycles. The molecule has 0 aliphatic heterocycles. The Hall–Kier alpha value is -3.97. The third-order valence-electron chi connectivity index (χ3n) is 5.32. The number of allylic oxidation sites excluding steroid dienone is 2. The molecule has 0 aliphatic carbocycles. The molecule has 0 spiro atoms. The normalized spacial score (nSPS) is 10.2. The summed E-state index contributed by atoms with van der Waals surface area (Å²) in [6, 6.07) is 7.23. The van der Waals surface area contributed by atoms with Crippen LogP contribution in [-0.2, 0) is 0 Å². The van der Waals surface area contributed by atoms with Gasteiger partial charge in [-0.3, -0.25) is 0 Å². The number of benzene rings is 1. The Labute approximate surface area is 240 Å². The van der Waals surface area contributed by atoms with Crippen molar-refractivity contribution in [2.24, 2.45) is 0 Å². The second-order valence-corrected chi connectivity index (χ2v) is 8.59. The lowest BCUT2D eigenvalue weighted by atomic mass is 9.88. The number of rotatable bonds is 3. The minimum Gasteiger partial charge on any atom is -0.399 e. The molecular weight excluding hydrogens is 504 g/mol. The van der Waals surface area contributed by atoms with Gasteiger partial charge in [-0.1, -0.05) is 75.2 Å². The number of aryl methyl sites for hydroxylation is 1. The lowest BCUT2D eigenvalue weighted by Gasteiger charge is -2.16. The molecule has 0 unspecified atom stereocenters. The van der Waals surface area contributed by atoms with Gasteiger partial charge in [0.1, 0.15) is 17.7 Å². The van der Waals surface area contributed by atoms with Gasteiger partial charge in [0, 0.05) is 16.6 Å². The first-order valence-electron chi connectivity index (χ1n) is 13.8. The van der Waals surface area contributed by atoms with Crippen molar-refractivity contribution in [3.63, 3.8) is 0 Å². The molecule has 0 saturated carbocycles. The van der Waals surface area contributed by atoms with Gasteiger partial charge in [-0.25, -0.2) is 18.7 Å². The van der Waals surface area contributed by atoms with Crippen molar-refractivity contribution in [1.29, 1.82) is 5.26 Å². The number of nitrogen functional groups attached to an aromatic ring is 2. The summed E-state index contributed by atoms with van der Waals surface area (Å²) in [5.41, 5.74) is 16.1. The Bertz CT molecular complexity index is 1340. The van der Waals surface area contributed by atoms with Crippen molar-refractivity contribution in [1.82, 2.24) is 9.97 Å². The number of hydrogen-bond acceptors (Lipinski definition) is 5. The van der Waals surface area contributed by atoms with Crippen molar-refractivity contribution < 1.29 is 8.78 Å². The molecule has 7 heteroatoms. The summed E-state index contributed by atoms with van der Waals surface area (Å²) < 4.78 is 27.0. The zero-order chi connectivity index (χ0) is 31.7. The van der Waals surface area contributed by atoms with Crippen molar-refractivity contribution in [2.75, 3.05) is 11.5 Å². The minimum atomic E-state index is -0.506. The number of terminal acetylenes is 1. The number of nitrogens with two attached hydrogens (primary N) is 2. The first-order chi connectivity index (χ1) is 18.9. The Morgan fingerprint density at radius 3 is 1.90 bits per heavy atom. The highest BCUT2D eigenvalue weighted by molar-refractivity contribution is 5.87. The molecule has 0 fully saturated rings. The van der Waals surface area contributed by atoms with E-state index in [0.717, 1.165) is 22.9 Å². The summed E-state index contributed by atoms with van der Waals surface area (Å²) in [5, 5.41) is 9.65. The number of fused-ring (bicyclic) bond motifs is 1. The summed E-state index contributed by atoms with van der Waals surface area (Å²) >= 11 is 0. The number of halogens is 2. The molecule has 0 bridgehead atoms. The summed E-state index contributed by atoms with van der Waals surface area (Å²) in [6.07, 6.45) is 6.42. The van der Waals surface area contributed by atoms with Crippen LogP contribution < -0.4 is 11.5 Å². The largest absolute Gasteiger partial charge is 0.399 e. The van der Waals surface area contributed by atoms with Crippen LogP contribution in [0.5, 0.6) is 0 Å². The van der Waals surface area contributed by atoms with Gasteiger partial charge in [-0.15, -0.1) is 6.42 Å². The van der Waals surface area contributed by atoms with Gasteiger partial charge < -0.3 is 11.5 Å². The van der Waals surface area contributed by atoms with E-state index in [-0.39, 0.29) is 23.0 Å². The highest BCUT2D eigenvalue weighted by Gasteiger charge is 2.17. The molecule has 218 valence electrons. The number of pyridine rings is 2. The number of anilines is 2. The first-order valence-corrected chi connectivity index (χ1v) is 13.8. The van der Waals surface area contributed by atoms with E-state index >= 15 is 0 Å². The van der Waals surface area contributed by atoms with Crippen LogP contribution in [0.15, 0.2) is 30.2 Å². The lowest BCUT2D eigenvalue weighted by Crippen LogP contribution is -2.02. The molecule has 0 saturated heterocycles. The van der Waals surface area contributed by atoms with Crippen LogP contribution in [-0.4, -0.2) is 9.97 Å². The van der Waals surface area contributed by atoms with Crippen LogP contribution in [0, 0.1) is 36.4 Å². The van der Waals surface area contributed by atoms with E-state index in [9.17, 15) is 8.78 Å². The van der Waals surface area contributed by atoms with E-state index in [4.69, 9.17) is 23.2 Å². The summed E-state index contributed by atoms with van der Waals surface area (Å²) in [7, 11) is 0. The summed E-state index contributed by atoms with van der Waals surface area (Å²) in [5.74, 6) is 2.11. The fourth-order valence-corrected chi connectivity index (χ4v) is 3.76. The first kappa shape index (κ1) is 38.2. The second-order valence-electron chi connectivity index (χ2n) is 8.59. The third-order valence-corrected chi connectivity index (χ3v) is 5.32. The van der Waals surface area contributed by atoms with Crippen LogP contribution in [0.1, 0.15) is 116 Å².